The maximum Gasteiger partial charge on any atom is 0.136 e. The molecular formula is C34H28O. The number of fused-ring (bicyclic) bond motifs is 3. The molecule has 0 aliphatic rings. The van der Waals surface area contributed by atoms with Crippen molar-refractivity contribution in [1.29, 1.82) is 0 Å². The zero-order valence-corrected chi connectivity index (χ0v) is 20.4. The summed E-state index contributed by atoms with van der Waals surface area (Å²) in [5.74, 6) is 0. The first kappa shape index (κ1) is 21.4. The number of rotatable bonds is 3. The van der Waals surface area contributed by atoms with E-state index in [1.54, 1.807) is 0 Å². The quantitative estimate of drug-likeness (QED) is 0.260. The van der Waals surface area contributed by atoms with E-state index < -0.39 is 0 Å². The average Bonchev–Trinajstić information content (AvgIpc) is 3.27. The topological polar surface area (TPSA) is 13.1 Å². The molecule has 0 bridgehead atoms. The van der Waals surface area contributed by atoms with Gasteiger partial charge in [-0.25, -0.2) is 0 Å². The van der Waals surface area contributed by atoms with Crippen LogP contribution in [-0.2, 0) is 5.41 Å². The molecule has 35 heavy (non-hydrogen) atoms. The van der Waals surface area contributed by atoms with Crippen LogP contribution in [0.25, 0.3) is 55.3 Å². The summed E-state index contributed by atoms with van der Waals surface area (Å²) in [5, 5.41) is 2.34. The van der Waals surface area contributed by atoms with Gasteiger partial charge in [0.15, 0.2) is 0 Å². The minimum absolute atomic E-state index is 0.0220. The number of benzene rings is 5. The van der Waals surface area contributed by atoms with E-state index in [4.69, 9.17) is 4.42 Å². The fourth-order valence-electron chi connectivity index (χ4n) is 4.91. The molecule has 6 aromatic rings. The minimum atomic E-state index is 0.0220. The molecule has 0 fully saturated rings. The van der Waals surface area contributed by atoms with E-state index in [0.29, 0.717) is 0 Å². The predicted octanol–water partition coefficient (Wildman–Crippen LogP) is 9.88. The summed E-state index contributed by atoms with van der Waals surface area (Å²) in [5.41, 5.74) is 10.5. The Labute approximate surface area is 206 Å². The highest BCUT2D eigenvalue weighted by atomic mass is 16.3. The molecule has 0 spiro atoms. The first-order valence-electron chi connectivity index (χ1n) is 12.2. The Morgan fingerprint density at radius 1 is 0.486 bits per heavy atom. The van der Waals surface area contributed by atoms with Crippen LogP contribution in [-0.4, -0.2) is 0 Å². The summed E-state index contributed by atoms with van der Waals surface area (Å²) in [4.78, 5) is 0. The Hall–Kier alpha value is -4.10. The molecule has 0 saturated heterocycles. The van der Waals surface area contributed by atoms with Crippen molar-refractivity contribution in [3.05, 3.63) is 121 Å². The number of hydrogen-bond donors (Lipinski definition) is 0. The van der Waals surface area contributed by atoms with Gasteiger partial charge in [-0.3, -0.25) is 0 Å². The van der Waals surface area contributed by atoms with Crippen molar-refractivity contribution < 1.29 is 4.42 Å². The predicted molar refractivity (Wildman–Crippen MR) is 149 cm³/mol. The van der Waals surface area contributed by atoms with Crippen LogP contribution in [0.3, 0.4) is 0 Å². The lowest BCUT2D eigenvalue weighted by molar-refractivity contribution is 0.591. The summed E-state index contributed by atoms with van der Waals surface area (Å²) in [6.45, 7) is 6.85. The van der Waals surface area contributed by atoms with Gasteiger partial charge in [-0.05, 0) is 68.6 Å². The molecule has 0 aliphatic heterocycles. The van der Waals surface area contributed by atoms with Gasteiger partial charge in [-0.2, -0.15) is 0 Å². The van der Waals surface area contributed by atoms with E-state index >= 15 is 0 Å². The molecule has 5 aromatic carbocycles. The lowest BCUT2D eigenvalue weighted by atomic mass is 9.82. The van der Waals surface area contributed by atoms with Gasteiger partial charge in [0.25, 0.3) is 0 Å². The Morgan fingerprint density at radius 2 is 1.09 bits per heavy atom. The largest absolute Gasteiger partial charge is 0.456 e. The summed E-state index contributed by atoms with van der Waals surface area (Å²) < 4.78 is 6.19. The van der Waals surface area contributed by atoms with Crippen molar-refractivity contribution in [2.24, 2.45) is 0 Å². The molecule has 0 N–H and O–H groups in total. The smallest absolute Gasteiger partial charge is 0.136 e. The third-order valence-corrected chi connectivity index (χ3v) is 6.82. The van der Waals surface area contributed by atoms with Crippen LogP contribution in [0.5, 0.6) is 0 Å². The highest BCUT2D eigenvalue weighted by Gasteiger charge is 2.19. The second-order valence-electron chi connectivity index (χ2n) is 10.3. The second kappa shape index (κ2) is 8.29. The van der Waals surface area contributed by atoms with E-state index in [0.717, 1.165) is 16.6 Å². The maximum absolute atomic E-state index is 6.19. The summed E-state index contributed by atoms with van der Waals surface area (Å²) in [6.07, 6.45) is 0. The van der Waals surface area contributed by atoms with Crippen LogP contribution in [0.1, 0.15) is 26.3 Å². The van der Waals surface area contributed by atoms with Gasteiger partial charge >= 0.3 is 0 Å². The van der Waals surface area contributed by atoms with Crippen LogP contribution in [0.15, 0.2) is 120 Å². The van der Waals surface area contributed by atoms with Crippen LogP contribution < -0.4 is 0 Å². The molecule has 1 heteroatoms. The Bertz CT molecular complexity index is 1660. The molecule has 1 heterocycles. The zero-order valence-electron chi connectivity index (χ0n) is 20.4. The number of hydrogen-bond acceptors (Lipinski definition) is 1. The van der Waals surface area contributed by atoms with E-state index in [9.17, 15) is 0 Å². The van der Waals surface area contributed by atoms with E-state index in [-0.39, 0.29) is 5.41 Å². The van der Waals surface area contributed by atoms with Crippen LogP contribution in [0.2, 0.25) is 0 Å². The monoisotopic (exact) mass is 452 g/mol. The van der Waals surface area contributed by atoms with Gasteiger partial charge in [-0.1, -0.05) is 112 Å². The normalized spacial score (nSPS) is 11.9. The Balaban J connectivity index is 1.58. The van der Waals surface area contributed by atoms with Crippen molar-refractivity contribution in [3.8, 4) is 33.4 Å². The summed E-state index contributed by atoms with van der Waals surface area (Å²) in [6, 6.07) is 41.2. The Kier molecular flexibility index (Phi) is 5.07. The first-order valence-corrected chi connectivity index (χ1v) is 12.2. The third-order valence-electron chi connectivity index (χ3n) is 6.82. The van der Waals surface area contributed by atoms with E-state index in [1.165, 1.54) is 44.3 Å². The fraction of sp³-hybridized carbons (Fsp3) is 0.118. The SMILES string of the molecule is CC(C)(C)c1cc(-c2cccc(-c3ccccc3)c2)cc(-c2cccc3oc4ccccc4c23)c1. The molecule has 0 unspecified atom stereocenters. The highest BCUT2D eigenvalue weighted by molar-refractivity contribution is 6.12. The van der Waals surface area contributed by atoms with Gasteiger partial charge in [0.2, 0.25) is 0 Å². The molecule has 0 radical (unpaired) electrons. The molecule has 0 atom stereocenters. The average molecular weight is 453 g/mol. The Morgan fingerprint density at radius 3 is 1.89 bits per heavy atom. The van der Waals surface area contributed by atoms with Gasteiger partial charge in [0, 0.05) is 10.8 Å². The molecule has 1 nitrogen and oxygen atoms in total. The molecule has 170 valence electrons. The van der Waals surface area contributed by atoms with Gasteiger partial charge < -0.3 is 4.42 Å². The zero-order chi connectivity index (χ0) is 24.0. The molecule has 1 aromatic heterocycles. The molecule has 0 amide bonds. The van der Waals surface area contributed by atoms with Gasteiger partial charge in [-0.15, -0.1) is 0 Å². The first-order chi connectivity index (χ1) is 17.0. The van der Waals surface area contributed by atoms with Crippen molar-refractivity contribution in [2.75, 3.05) is 0 Å². The second-order valence-corrected chi connectivity index (χ2v) is 10.3. The fourth-order valence-corrected chi connectivity index (χ4v) is 4.91. The lowest BCUT2D eigenvalue weighted by Crippen LogP contribution is -2.11. The number of furan rings is 1. The van der Waals surface area contributed by atoms with Crippen LogP contribution in [0, 0.1) is 0 Å². The maximum atomic E-state index is 6.19. The van der Waals surface area contributed by atoms with Crippen LogP contribution in [0.4, 0.5) is 0 Å². The minimum Gasteiger partial charge on any atom is -0.456 e. The van der Waals surface area contributed by atoms with Crippen molar-refractivity contribution in [1.82, 2.24) is 0 Å². The van der Waals surface area contributed by atoms with Crippen LogP contribution >= 0.6 is 0 Å². The number of para-hydroxylation sites is 1. The van der Waals surface area contributed by atoms with Gasteiger partial charge in [0.1, 0.15) is 11.2 Å². The van der Waals surface area contributed by atoms with Crippen molar-refractivity contribution in [2.45, 2.75) is 26.2 Å². The standard InChI is InChI=1S/C34H28O/c1-34(2,3)28-21-26(25-14-9-13-24(19-25)23-11-5-4-6-12-23)20-27(22-28)29-16-10-18-32-33(29)30-15-7-8-17-31(30)35-32/h4-22H,1-3H3. The molecule has 0 saturated carbocycles. The summed E-state index contributed by atoms with van der Waals surface area (Å²) in [7, 11) is 0. The van der Waals surface area contributed by atoms with Crippen molar-refractivity contribution in [3.63, 3.8) is 0 Å². The van der Waals surface area contributed by atoms with Crippen molar-refractivity contribution >= 4 is 21.9 Å². The van der Waals surface area contributed by atoms with E-state index in [1.807, 2.05) is 12.1 Å². The molecular weight excluding hydrogens is 424 g/mol. The third kappa shape index (κ3) is 3.94. The summed E-state index contributed by atoms with van der Waals surface area (Å²) >= 11 is 0. The molecule has 0 aliphatic carbocycles. The highest BCUT2D eigenvalue weighted by Crippen LogP contribution is 2.40. The lowest BCUT2D eigenvalue weighted by Gasteiger charge is -2.22. The van der Waals surface area contributed by atoms with E-state index in [2.05, 4.69) is 124 Å². The van der Waals surface area contributed by atoms with Gasteiger partial charge in [0.05, 0.1) is 0 Å². The molecule has 6 rings (SSSR count).